The fraction of sp³-hybridized carbons (Fsp3) is 0.235. The van der Waals surface area contributed by atoms with E-state index < -0.39 is 0 Å². The van der Waals surface area contributed by atoms with Crippen molar-refractivity contribution in [2.24, 2.45) is 0 Å². The van der Waals surface area contributed by atoms with Gasteiger partial charge < -0.3 is 9.80 Å². The molecule has 0 bridgehead atoms. The van der Waals surface area contributed by atoms with E-state index >= 15 is 0 Å². The van der Waals surface area contributed by atoms with Gasteiger partial charge in [0.15, 0.2) is 0 Å². The van der Waals surface area contributed by atoms with Crippen LogP contribution in [0.15, 0.2) is 48.8 Å². The molecule has 2 heterocycles. The van der Waals surface area contributed by atoms with Crippen LogP contribution in [0.2, 0.25) is 5.02 Å². The van der Waals surface area contributed by atoms with Crippen molar-refractivity contribution in [1.29, 1.82) is 0 Å². The molecule has 3 rings (SSSR count). The Labute approximate surface area is 139 Å². The lowest BCUT2D eigenvalue weighted by Gasteiger charge is -2.34. The fourth-order valence-corrected chi connectivity index (χ4v) is 2.69. The summed E-state index contributed by atoms with van der Waals surface area (Å²) in [4.78, 5) is 32.3. The summed E-state index contributed by atoms with van der Waals surface area (Å²) in [5, 5.41) is 0.605. The Bertz CT molecular complexity index is 696. The van der Waals surface area contributed by atoms with Crippen LogP contribution < -0.4 is 0 Å². The number of halogens is 1. The van der Waals surface area contributed by atoms with Gasteiger partial charge in [-0.1, -0.05) is 11.6 Å². The van der Waals surface area contributed by atoms with Gasteiger partial charge in [0.2, 0.25) is 0 Å². The first-order valence-electron chi connectivity index (χ1n) is 7.39. The van der Waals surface area contributed by atoms with Crippen molar-refractivity contribution >= 4 is 23.4 Å². The first-order chi connectivity index (χ1) is 11.1. The van der Waals surface area contributed by atoms with Crippen LogP contribution in [0.25, 0.3) is 0 Å². The lowest BCUT2D eigenvalue weighted by Crippen LogP contribution is -2.50. The molecule has 6 heteroatoms. The van der Waals surface area contributed by atoms with E-state index in [-0.39, 0.29) is 11.8 Å². The Morgan fingerprint density at radius 2 is 1.43 bits per heavy atom. The number of piperazine rings is 1. The SMILES string of the molecule is O=C(c1ccc(Cl)cc1)N1CCN(C(=O)c2cccnc2)CC1. The minimum absolute atomic E-state index is 0.0323. The molecule has 1 aliphatic rings. The Balaban J connectivity index is 1.61. The molecule has 0 saturated carbocycles. The second kappa shape index (κ2) is 6.79. The standard InChI is InChI=1S/C17H16ClN3O2/c18-15-5-3-13(4-6-15)16(22)20-8-10-21(11-9-20)17(23)14-2-1-7-19-12-14/h1-7,12H,8-11H2. The van der Waals surface area contributed by atoms with Crippen LogP contribution in [0.1, 0.15) is 20.7 Å². The zero-order valence-electron chi connectivity index (χ0n) is 12.5. The topological polar surface area (TPSA) is 53.5 Å². The Morgan fingerprint density at radius 3 is 1.96 bits per heavy atom. The normalized spacial score (nSPS) is 14.7. The first-order valence-corrected chi connectivity index (χ1v) is 7.77. The quantitative estimate of drug-likeness (QED) is 0.849. The summed E-state index contributed by atoms with van der Waals surface area (Å²) in [6.45, 7) is 2.08. The summed E-state index contributed by atoms with van der Waals surface area (Å²) in [6.07, 6.45) is 3.20. The fourth-order valence-electron chi connectivity index (χ4n) is 2.56. The van der Waals surface area contributed by atoms with Crippen LogP contribution in [0.5, 0.6) is 0 Å². The van der Waals surface area contributed by atoms with E-state index in [1.165, 1.54) is 0 Å². The van der Waals surface area contributed by atoms with Crippen molar-refractivity contribution in [2.75, 3.05) is 26.2 Å². The molecule has 1 aromatic carbocycles. The van der Waals surface area contributed by atoms with E-state index in [0.717, 1.165) is 0 Å². The highest BCUT2D eigenvalue weighted by Gasteiger charge is 2.25. The molecule has 0 aliphatic carbocycles. The van der Waals surface area contributed by atoms with Gasteiger partial charge in [-0.25, -0.2) is 0 Å². The van der Waals surface area contributed by atoms with Crippen LogP contribution in [0, 0.1) is 0 Å². The lowest BCUT2D eigenvalue weighted by atomic mass is 10.1. The second-order valence-corrected chi connectivity index (χ2v) is 5.77. The number of nitrogens with zero attached hydrogens (tertiary/aromatic N) is 3. The van der Waals surface area contributed by atoms with Crippen molar-refractivity contribution in [1.82, 2.24) is 14.8 Å². The second-order valence-electron chi connectivity index (χ2n) is 5.33. The number of benzene rings is 1. The molecular formula is C17H16ClN3O2. The summed E-state index contributed by atoms with van der Waals surface area (Å²) in [5.41, 5.74) is 1.19. The molecular weight excluding hydrogens is 314 g/mol. The minimum Gasteiger partial charge on any atom is -0.335 e. The van der Waals surface area contributed by atoms with Crippen LogP contribution in [0.3, 0.4) is 0 Å². The van der Waals surface area contributed by atoms with E-state index in [0.29, 0.717) is 42.3 Å². The average molecular weight is 330 g/mol. The summed E-state index contributed by atoms with van der Waals surface area (Å²) in [5.74, 6) is -0.0770. The average Bonchev–Trinajstić information content (AvgIpc) is 2.62. The van der Waals surface area contributed by atoms with Crippen LogP contribution in [0.4, 0.5) is 0 Å². The molecule has 0 radical (unpaired) electrons. The minimum atomic E-state index is -0.0447. The molecule has 0 spiro atoms. The van der Waals surface area contributed by atoms with Gasteiger partial charge in [-0.3, -0.25) is 14.6 Å². The Morgan fingerprint density at radius 1 is 0.870 bits per heavy atom. The number of hydrogen-bond donors (Lipinski definition) is 0. The van der Waals surface area contributed by atoms with Gasteiger partial charge in [0.05, 0.1) is 5.56 Å². The zero-order valence-corrected chi connectivity index (χ0v) is 13.2. The molecule has 118 valence electrons. The maximum absolute atomic E-state index is 12.4. The molecule has 5 nitrogen and oxygen atoms in total. The van der Waals surface area contributed by atoms with Crippen molar-refractivity contribution in [2.45, 2.75) is 0 Å². The van der Waals surface area contributed by atoms with E-state index in [9.17, 15) is 9.59 Å². The predicted octanol–water partition coefficient (Wildman–Crippen LogP) is 2.33. The largest absolute Gasteiger partial charge is 0.335 e. The highest BCUT2D eigenvalue weighted by molar-refractivity contribution is 6.30. The molecule has 1 fully saturated rings. The predicted molar refractivity (Wildman–Crippen MR) is 87.5 cm³/mol. The molecule has 1 aliphatic heterocycles. The molecule has 1 aromatic heterocycles. The van der Waals surface area contributed by atoms with E-state index in [2.05, 4.69) is 4.98 Å². The van der Waals surface area contributed by atoms with Crippen LogP contribution >= 0.6 is 11.6 Å². The Hall–Kier alpha value is -2.40. The number of carbonyl (C=O) groups excluding carboxylic acids is 2. The molecule has 2 aromatic rings. The van der Waals surface area contributed by atoms with E-state index in [4.69, 9.17) is 11.6 Å². The highest BCUT2D eigenvalue weighted by Crippen LogP contribution is 2.14. The first kappa shape index (κ1) is 15.5. The van der Waals surface area contributed by atoms with Crippen molar-refractivity contribution in [3.63, 3.8) is 0 Å². The van der Waals surface area contributed by atoms with E-state index in [1.807, 2.05) is 0 Å². The molecule has 23 heavy (non-hydrogen) atoms. The number of hydrogen-bond acceptors (Lipinski definition) is 3. The van der Waals surface area contributed by atoms with Crippen LogP contribution in [-0.4, -0.2) is 52.8 Å². The van der Waals surface area contributed by atoms with Crippen molar-refractivity contribution in [3.05, 3.63) is 64.9 Å². The van der Waals surface area contributed by atoms with Gasteiger partial charge in [-0.05, 0) is 36.4 Å². The monoisotopic (exact) mass is 329 g/mol. The van der Waals surface area contributed by atoms with Gasteiger partial charge in [-0.15, -0.1) is 0 Å². The Kier molecular flexibility index (Phi) is 4.57. The summed E-state index contributed by atoms with van der Waals surface area (Å²) < 4.78 is 0. The van der Waals surface area contributed by atoms with Crippen LogP contribution in [-0.2, 0) is 0 Å². The summed E-state index contributed by atoms with van der Waals surface area (Å²) in [6, 6.07) is 10.3. The maximum atomic E-state index is 12.4. The lowest BCUT2D eigenvalue weighted by molar-refractivity contribution is 0.0535. The highest BCUT2D eigenvalue weighted by atomic mass is 35.5. The molecule has 1 saturated heterocycles. The third-order valence-corrected chi connectivity index (χ3v) is 4.11. The summed E-state index contributed by atoms with van der Waals surface area (Å²) in [7, 11) is 0. The van der Waals surface area contributed by atoms with Gasteiger partial charge in [-0.2, -0.15) is 0 Å². The van der Waals surface area contributed by atoms with Gasteiger partial charge in [0.25, 0.3) is 11.8 Å². The van der Waals surface area contributed by atoms with Gasteiger partial charge in [0, 0.05) is 49.2 Å². The maximum Gasteiger partial charge on any atom is 0.255 e. The van der Waals surface area contributed by atoms with Crippen molar-refractivity contribution in [3.8, 4) is 0 Å². The smallest absolute Gasteiger partial charge is 0.255 e. The molecule has 0 atom stereocenters. The third kappa shape index (κ3) is 3.51. The number of carbonyl (C=O) groups is 2. The van der Waals surface area contributed by atoms with Crippen molar-refractivity contribution < 1.29 is 9.59 Å². The summed E-state index contributed by atoms with van der Waals surface area (Å²) >= 11 is 5.84. The number of amides is 2. The number of rotatable bonds is 2. The van der Waals surface area contributed by atoms with Gasteiger partial charge >= 0.3 is 0 Å². The molecule has 0 N–H and O–H groups in total. The van der Waals surface area contributed by atoms with E-state index in [1.54, 1.807) is 58.6 Å². The number of pyridine rings is 1. The molecule has 2 amide bonds. The third-order valence-electron chi connectivity index (χ3n) is 3.85. The molecule has 0 unspecified atom stereocenters. The van der Waals surface area contributed by atoms with Gasteiger partial charge in [0.1, 0.15) is 0 Å². The number of aromatic nitrogens is 1. The zero-order chi connectivity index (χ0) is 16.2.